The highest BCUT2D eigenvalue weighted by molar-refractivity contribution is 9.10. The lowest BCUT2D eigenvalue weighted by atomic mass is 9.91. The van der Waals surface area contributed by atoms with E-state index >= 15 is 0 Å². The molecule has 0 amide bonds. The number of aromatic nitrogens is 1. The summed E-state index contributed by atoms with van der Waals surface area (Å²) in [7, 11) is 0. The third kappa shape index (κ3) is 2.31. The van der Waals surface area contributed by atoms with Gasteiger partial charge in [0, 0.05) is 11.1 Å². The van der Waals surface area contributed by atoms with Gasteiger partial charge < -0.3 is 0 Å². The first-order valence-electron chi connectivity index (χ1n) is 4.04. The van der Waals surface area contributed by atoms with Crippen LogP contribution < -0.4 is 0 Å². The Hall–Kier alpha value is -0.370. The topological polar surface area (TPSA) is 12.9 Å². The molecule has 0 saturated carbocycles. The molecule has 12 heavy (non-hydrogen) atoms. The van der Waals surface area contributed by atoms with Crippen LogP contribution in [0.15, 0.2) is 16.7 Å². The van der Waals surface area contributed by atoms with Crippen LogP contribution in [0.3, 0.4) is 0 Å². The molecule has 0 aliphatic rings. The van der Waals surface area contributed by atoms with E-state index in [1.807, 2.05) is 6.07 Å². The fraction of sp³-hybridized carbons (Fsp3) is 0.500. The Kier molecular flexibility index (Phi) is 2.57. The Bertz CT molecular complexity index is 266. The fourth-order valence-electron chi connectivity index (χ4n) is 1.01. The van der Waals surface area contributed by atoms with Gasteiger partial charge >= 0.3 is 0 Å². The maximum Gasteiger partial charge on any atom is 0.106 e. The van der Waals surface area contributed by atoms with E-state index in [0.29, 0.717) is 0 Å². The van der Waals surface area contributed by atoms with Crippen LogP contribution in [0.4, 0.5) is 0 Å². The second-order valence-corrected chi connectivity index (χ2v) is 4.91. The van der Waals surface area contributed by atoms with Crippen LogP contribution in [0.25, 0.3) is 0 Å². The number of aryl methyl sites for hydroxylation is 1. The second-order valence-electron chi connectivity index (χ2n) is 4.10. The Morgan fingerprint density at radius 3 is 2.25 bits per heavy atom. The van der Waals surface area contributed by atoms with Crippen molar-refractivity contribution in [3.63, 3.8) is 0 Å². The highest BCUT2D eigenvalue weighted by atomic mass is 79.9. The molecule has 0 fully saturated rings. The summed E-state index contributed by atoms with van der Waals surface area (Å²) in [5.41, 5.74) is 2.52. The van der Waals surface area contributed by atoms with Crippen LogP contribution in [0.5, 0.6) is 0 Å². The van der Waals surface area contributed by atoms with Gasteiger partial charge in [-0.2, -0.15) is 0 Å². The number of nitrogens with zero attached hydrogens (tertiary/aromatic N) is 1. The number of hydrogen-bond donors (Lipinski definition) is 0. The molecule has 1 heterocycles. The van der Waals surface area contributed by atoms with Crippen molar-refractivity contribution in [2.75, 3.05) is 0 Å². The van der Waals surface area contributed by atoms with Gasteiger partial charge in [0.2, 0.25) is 0 Å². The molecule has 0 N–H and O–H groups in total. The van der Waals surface area contributed by atoms with E-state index in [1.54, 1.807) is 0 Å². The fourth-order valence-corrected chi connectivity index (χ4v) is 1.56. The maximum atomic E-state index is 4.42. The SMILES string of the molecule is Cc1cc(Br)nc(C(C)(C)C)c1. The average Bonchev–Trinajstić information content (AvgIpc) is 1.82. The Balaban J connectivity index is 3.18. The van der Waals surface area contributed by atoms with Gasteiger partial charge in [-0.1, -0.05) is 20.8 Å². The summed E-state index contributed by atoms with van der Waals surface area (Å²) in [5.74, 6) is 0. The Labute approximate surface area is 82.3 Å². The summed E-state index contributed by atoms with van der Waals surface area (Å²) in [4.78, 5) is 4.42. The van der Waals surface area contributed by atoms with Crippen molar-refractivity contribution in [3.8, 4) is 0 Å². The van der Waals surface area contributed by atoms with E-state index < -0.39 is 0 Å². The molecule has 2 heteroatoms. The number of rotatable bonds is 0. The van der Waals surface area contributed by atoms with Crippen molar-refractivity contribution >= 4 is 15.9 Å². The van der Waals surface area contributed by atoms with E-state index in [-0.39, 0.29) is 5.41 Å². The first-order valence-corrected chi connectivity index (χ1v) is 4.83. The molecule has 0 radical (unpaired) electrons. The molecule has 0 aliphatic carbocycles. The molecule has 0 saturated heterocycles. The molecular formula is C10H14BrN. The molecule has 66 valence electrons. The van der Waals surface area contributed by atoms with Crippen LogP contribution in [-0.2, 0) is 5.41 Å². The highest BCUT2D eigenvalue weighted by Gasteiger charge is 2.15. The predicted molar refractivity (Wildman–Crippen MR) is 55.4 cm³/mol. The summed E-state index contributed by atoms with van der Waals surface area (Å²) >= 11 is 3.39. The van der Waals surface area contributed by atoms with Crippen LogP contribution in [-0.4, -0.2) is 4.98 Å². The lowest BCUT2D eigenvalue weighted by molar-refractivity contribution is 0.567. The third-order valence-corrected chi connectivity index (χ3v) is 2.11. The van der Waals surface area contributed by atoms with Gasteiger partial charge in [-0.05, 0) is 40.5 Å². The van der Waals surface area contributed by atoms with Crippen molar-refractivity contribution in [1.82, 2.24) is 4.98 Å². The lowest BCUT2D eigenvalue weighted by Crippen LogP contribution is -2.13. The van der Waals surface area contributed by atoms with Gasteiger partial charge in [0.05, 0.1) is 0 Å². The van der Waals surface area contributed by atoms with Crippen molar-refractivity contribution in [3.05, 3.63) is 28.0 Å². The Morgan fingerprint density at radius 2 is 1.83 bits per heavy atom. The Morgan fingerprint density at radius 1 is 1.25 bits per heavy atom. The molecule has 0 atom stereocenters. The predicted octanol–water partition coefficient (Wildman–Crippen LogP) is 3.45. The summed E-state index contributed by atoms with van der Waals surface area (Å²) in [6.45, 7) is 8.59. The van der Waals surface area contributed by atoms with Crippen LogP contribution >= 0.6 is 15.9 Å². The molecule has 1 nitrogen and oxygen atoms in total. The first kappa shape index (κ1) is 9.72. The van der Waals surface area contributed by atoms with Crippen LogP contribution in [0.1, 0.15) is 32.0 Å². The molecule has 0 aromatic carbocycles. The maximum absolute atomic E-state index is 4.42. The molecule has 1 rings (SSSR count). The summed E-state index contributed by atoms with van der Waals surface area (Å²) < 4.78 is 0.924. The zero-order valence-electron chi connectivity index (χ0n) is 7.98. The van der Waals surface area contributed by atoms with Crippen molar-refractivity contribution < 1.29 is 0 Å². The van der Waals surface area contributed by atoms with Gasteiger partial charge in [0.15, 0.2) is 0 Å². The minimum absolute atomic E-state index is 0.133. The minimum atomic E-state index is 0.133. The average molecular weight is 228 g/mol. The van der Waals surface area contributed by atoms with Gasteiger partial charge in [-0.3, -0.25) is 0 Å². The quantitative estimate of drug-likeness (QED) is 0.619. The first-order chi connectivity index (χ1) is 5.39. The summed E-state index contributed by atoms with van der Waals surface area (Å²) in [5, 5.41) is 0. The zero-order valence-corrected chi connectivity index (χ0v) is 9.57. The largest absolute Gasteiger partial charge is 0.245 e. The van der Waals surface area contributed by atoms with Crippen LogP contribution in [0, 0.1) is 6.92 Å². The lowest BCUT2D eigenvalue weighted by Gasteiger charge is -2.18. The highest BCUT2D eigenvalue weighted by Crippen LogP contribution is 2.22. The molecule has 1 aromatic rings. The van der Waals surface area contributed by atoms with E-state index in [9.17, 15) is 0 Å². The summed E-state index contributed by atoms with van der Waals surface area (Å²) in [6.07, 6.45) is 0. The molecule has 0 aliphatic heterocycles. The minimum Gasteiger partial charge on any atom is -0.245 e. The van der Waals surface area contributed by atoms with Gasteiger partial charge in [0.25, 0.3) is 0 Å². The number of pyridine rings is 1. The molecule has 1 aromatic heterocycles. The number of halogens is 1. The van der Waals surface area contributed by atoms with E-state index in [1.165, 1.54) is 5.56 Å². The van der Waals surface area contributed by atoms with Crippen molar-refractivity contribution in [1.29, 1.82) is 0 Å². The molecule has 0 bridgehead atoms. The van der Waals surface area contributed by atoms with Gasteiger partial charge in [-0.25, -0.2) is 4.98 Å². The standard InChI is InChI=1S/C10H14BrN/c1-7-5-8(10(2,3)4)12-9(11)6-7/h5-6H,1-4H3. The molecule has 0 unspecified atom stereocenters. The molecular weight excluding hydrogens is 214 g/mol. The smallest absolute Gasteiger partial charge is 0.106 e. The van der Waals surface area contributed by atoms with E-state index in [0.717, 1.165) is 10.3 Å². The van der Waals surface area contributed by atoms with Crippen molar-refractivity contribution in [2.24, 2.45) is 0 Å². The zero-order chi connectivity index (χ0) is 9.35. The monoisotopic (exact) mass is 227 g/mol. The van der Waals surface area contributed by atoms with E-state index in [4.69, 9.17) is 0 Å². The third-order valence-electron chi connectivity index (χ3n) is 1.71. The van der Waals surface area contributed by atoms with Crippen LogP contribution in [0.2, 0.25) is 0 Å². The van der Waals surface area contributed by atoms with E-state index in [2.05, 4.69) is 54.7 Å². The van der Waals surface area contributed by atoms with Crippen molar-refractivity contribution in [2.45, 2.75) is 33.1 Å². The normalized spacial score (nSPS) is 11.8. The second kappa shape index (κ2) is 3.17. The number of hydrogen-bond acceptors (Lipinski definition) is 1. The summed E-state index contributed by atoms with van der Waals surface area (Å²) in [6, 6.07) is 4.15. The van der Waals surface area contributed by atoms with Gasteiger partial charge in [0.1, 0.15) is 4.60 Å². The molecule has 0 spiro atoms. The van der Waals surface area contributed by atoms with Gasteiger partial charge in [-0.15, -0.1) is 0 Å².